The molecule has 0 aliphatic rings. The second kappa shape index (κ2) is 9.17. The molecule has 0 radical (unpaired) electrons. The summed E-state index contributed by atoms with van der Waals surface area (Å²) >= 11 is 0. The Morgan fingerprint density at radius 2 is 1.71 bits per heavy atom. The molecule has 3 aromatic carbocycles. The summed E-state index contributed by atoms with van der Waals surface area (Å²) in [6.45, 7) is 1.39. The summed E-state index contributed by atoms with van der Waals surface area (Å²) in [6, 6.07) is 17.6. The molecule has 1 heterocycles. The van der Waals surface area contributed by atoms with E-state index in [-0.39, 0.29) is 39.6 Å². The topological polar surface area (TPSA) is 169 Å². The Morgan fingerprint density at radius 1 is 0.971 bits per heavy atom. The van der Waals surface area contributed by atoms with Gasteiger partial charge in [-0.25, -0.2) is 4.79 Å². The molecule has 3 N–H and O–H groups in total. The largest absolute Gasteiger partial charge is 0.478 e. The van der Waals surface area contributed by atoms with Crippen molar-refractivity contribution in [3.05, 3.63) is 77.0 Å². The van der Waals surface area contributed by atoms with Crippen LogP contribution >= 0.6 is 0 Å². The molecule has 0 saturated carbocycles. The number of hydrogen-bond acceptors (Lipinski definition) is 7. The maximum absolute atomic E-state index is 13.0. The lowest BCUT2D eigenvalue weighted by Gasteiger charge is -2.09. The van der Waals surface area contributed by atoms with E-state index >= 15 is 0 Å². The maximum atomic E-state index is 13.0. The predicted octanol–water partition coefficient (Wildman–Crippen LogP) is 4.15. The molecule has 10 heteroatoms. The standard InChI is InChI=1S/C25H15N5O5/c1-13(31)28-17-5-3-15(4-6-17)18-10-20-22(9-16(18)12-27)35-30-23(20)24(32)29-21-7-2-14(11-26)8-19(21)25(33)34/h2-10H,1H3,(H,28,31)(H,29,32)(H,33,34). The van der Waals surface area contributed by atoms with Gasteiger partial charge in [0.05, 0.1) is 39.9 Å². The average Bonchev–Trinajstić information content (AvgIpc) is 3.26. The van der Waals surface area contributed by atoms with Crippen molar-refractivity contribution in [2.75, 3.05) is 10.6 Å². The van der Waals surface area contributed by atoms with E-state index in [9.17, 15) is 24.8 Å². The number of rotatable bonds is 5. The number of fused-ring (bicyclic) bond motifs is 1. The molecule has 0 spiro atoms. The summed E-state index contributed by atoms with van der Waals surface area (Å²) < 4.78 is 5.25. The van der Waals surface area contributed by atoms with Crippen LogP contribution in [-0.2, 0) is 4.79 Å². The van der Waals surface area contributed by atoms with E-state index in [4.69, 9.17) is 9.78 Å². The quantitative estimate of drug-likeness (QED) is 0.395. The van der Waals surface area contributed by atoms with Gasteiger partial charge in [0.2, 0.25) is 5.91 Å². The van der Waals surface area contributed by atoms with Gasteiger partial charge in [0, 0.05) is 24.2 Å². The van der Waals surface area contributed by atoms with E-state index in [1.165, 1.54) is 25.1 Å². The Kier molecular flexibility index (Phi) is 5.95. The van der Waals surface area contributed by atoms with Crippen LogP contribution in [0.3, 0.4) is 0 Å². The molecular weight excluding hydrogens is 450 g/mol. The Balaban J connectivity index is 1.73. The first kappa shape index (κ1) is 22.7. The summed E-state index contributed by atoms with van der Waals surface area (Å²) in [5.74, 6) is -2.26. The maximum Gasteiger partial charge on any atom is 0.337 e. The lowest BCUT2D eigenvalue weighted by Crippen LogP contribution is -2.15. The first-order valence-electron chi connectivity index (χ1n) is 10.1. The smallest absolute Gasteiger partial charge is 0.337 e. The third-order valence-electron chi connectivity index (χ3n) is 5.09. The van der Waals surface area contributed by atoms with E-state index < -0.39 is 11.9 Å². The molecule has 4 rings (SSSR count). The summed E-state index contributed by atoms with van der Waals surface area (Å²) in [5, 5.41) is 37.4. The van der Waals surface area contributed by atoms with Crippen LogP contribution in [0.1, 0.15) is 38.9 Å². The number of carbonyl (C=O) groups excluding carboxylic acids is 2. The first-order valence-corrected chi connectivity index (χ1v) is 10.1. The SMILES string of the molecule is CC(=O)Nc1ccc(-c2cc3c(C(=O)Nc4ccc(C#N)cc4C(=O)O)noc3cc2C#N)cc1. The summed E-state index contributed by atoms with van der Waals surface area (Å²) in [4.78, 5) is 35.8. The highest BCUT2D eigenvalue weighted by molar-refractivity contribution is 6.13. The third-order valence-corrected chi connectivity index (χ3v) is 5.09. The van der Waals surface area contributed by atoms with Gasteiger partial charge in [-0.2, -0.15) is 10.5 Å². The van der Waals surface area contributed by atoms with Gasteiger partial charge < -0.3 is 20.3 Å². The summed E-state index contributed by atoms with van der Waals surface area (Å²) in [6.07, 6.45) is 0. The second-order valence-electron chi connectivity index (χ2n) is 7.43. The van der Waals surface area contributed by atoms with Crippen molar-refractivity contribution in [3.8, 4) is 23.3 Å². The highest BCUT2D eigenvalue weighted by Crippen LogP contribution is 2.31. The fourth-order valence-electron chi connectivity index (χ4n) is 3.50. The highest BCUT2D eigenvalue weighted by Gasteiger charge is 2.21. The molecular formula is C25H15N5O5. The number of amides is 2. The van der Waals surface area contributed by atoms with Crippen LogP contribution in [0.4, 0.5) is 11.4 Å². The van der Waals surface area contributed by atoms with Gasteiger partial charge in [-0.05, 0) is 42.0 Å². The average molecular weight is 465 g/mol. The van der Waals surface area contributed by atoms with Crippen molar-refractivity contribution in [2.45, 2.75) is 6.92 Å². The van der Waals surface area contributed by atoms with Gasteiger partial charge >= 0.3 is 5.97 Å². The Morgan fingerprint density at radius 3 is 2.34 bits per heavy atom. The number of nitrogens with zero attached hydrogens (tertiary/aromatic N) is 3. The molecule has 0 aliphatic carbocycles. The lowest BCUT2D eigenvalue weighted by atomic mass is 9.97. The zero-order valence-corrected chi connectivity index (χ0v) is 18.1. The molecule has 10 nitrogen and oxygen atoms in total. The van der Waals surface area contributed by atoms with Crippen molar-refractivity contribution >= 4 is 40.1 Å². The number of carbonyl (C=O) groups is 3. The molecule has 1 aromatic heterocycles. The molecule has 4 aromatic rings. The van der Waals surface area contributed by atoms with Crippen LogP contribution in [0.25, 0.3) is 22.1 Å². The van der Waals surface area contributed by atoms with Gasteiger partial charge in [0.25, 0.3) is 5.91 Å². The number of hydrogen-bond donors (Lipinski definition) is 3. The van der Waals surface area contributed by atoms with Crippen molar-refractivity contribution in [1.82, 2.24) is 5.16 Å². The van der Waals surface area contributed by atoms with Gasteiger partial charge in [-0.1, -0.05) is 17.3 Å². The van der Waals surface area contributed by atoms with Gasteiger partial charge in [-0.3, -0.25) is 9.59 Å². The van der Waals surface area contributed by atoms with Crippen molar-refractivity contribution in [3.63, 3.8) is 0 Å². The fourth-order valence-corrected chi connectivity index (χ4v) is 3.50. The fraction of sp³-hybridized carbons (Fsp3) is 0.0400. The minimum Gasteiger partial charge on any atom is -0.478 e. The van der Waals surface area contributed by atoms with E-state index in [0.717, 1.165) is 6.07 Å². The zero-order valence-electron chi connectivity index (χ0n) is 18.1. The van der Waals surface area contributed by atoms with E-state index in [0.29, 0.717) is 22.2 Å². The van der Waals surface area contributed by atoms with Crippen molar-refractivity contribution in [1.29, 1.82) is 10.5 Å². The van der Waals surface area contributed by atoms with Gasteiger partial charge in [0.1, 0.15) is 0 Å². The molecule has 0 aliphatic heterocycles. The predicted molar refractivity (Wildman–Crippen MR) is 125 cm³/mol. The van der Waals surface area contributed by atoms with Gasteiger partial charge in [-0.15, -0.1) is 0 Å². The molecule has 35 heavy (non-hydrogen) atoms. The Bertz CT molecular complexity index is 1590. The van der Waals surface area contributed by atoms with Crippen LogP contribution in [0, 0.1) is 22.7 Å². The number of carboxylic acids is 1. The van der Waals surface area contributed by atoms with Crippen molar-refractivity contribution in [2.24, 2.45) is 0 Å². The monoisotopic (exact) mass is 465 g/mol. The third kappa shape index (κ3) is 4.53. The van der Waals surface area contributed by atoms with Crippen LogP contribution < -0.4 is 10.6 Å². The van der Waals surface area contributed by atoms with E-state index in [1.54, 1.807) is 30.3 Å². The minimum absolute atomic E-state index is 0.0138. The van der Waals surface area contributed by atoms with Crippen LogP contribution in [-0.4, -0.2) is 28.0 Å². The number of aromatic carboxylic acids is 1. The molecule has 170 valence electrons. The molecule has 0 saturated heterocycles. The Labute approximate surface area is 198 Å². The summed E-state index contributed by atoms with van der Waals surface area (Å²) in [7, 11) is 0. The second-order valence-corrected chi connectivity index (χ2v) is 7.43. The number of carboxylic acid groups (broad SMARTS) is 1. The van der Waals surface area contributed by atoms with E-state index in [2.05, 4.69) is 21.9 Å². The van der Waals surface area contributed by atoms with Crippen LogP contribution in [0.15, 0.2) is 59.1 Å². The minimum atomic E-state index is -1.31. The number of aromatic nitrogens is 1. The zero-order chi connectivity index (χ0) is 25.1. The summed E-state index contributed by atoms with van der Waals surface area (Å²) in [5.41, 5.74) is 1.99. The van der Waals surface area contributed by atoms with Crippen LogP contribution in [0.2, 0.25) is 0 Å². The lowest BCUT2D eigenvalue weighted by molar-refractivity contribution is -0.114. The first-order chi connectivity index (χ1) is 16.8. The molecule has 0 bridgehead atoms. The normalized spacial score (nSPS) is 10.3. The molecule has 0 unspecified atom stereocenters. The molecule has 0 fully saturated rings. The molecule has 0 atom stereocenters. The highest BCUT2D eigenvalue weighted by atomic mass is 16.5. The number of nitrogens with one attached hydrogen (secondary N) is 2. The van der Waals surface area contributed by atoms with Gasteiger partial charge in [0.15, 0.2) is 11.3 Å². The van der Waals surface area contributed by atoms with Crippen LogP contribution in [0.5, 0.6) is 0 Å². The Hall–Kier alpha value is -5.48. The van der Waals surface area contributed by atoms with Crippen molar-refractivity contribution < 1.29 is 24.0 Å². The molecule has 2 amide bonds. The number of anilines is 2. The number of nitriles is 2. The van der Waals surface area contributed by atoms with E-state index in [1.807, 2.05) is 6.07 Å². The number of benzene rings is 3.